The molecule has 2 heterocycles. The van der Waals surface area contributed by atoms with Crippen molar-refractivity contribution in [2.45, 2.75) is 37.0 Å². The number of imidazole rings is 1. The van der Waals surface area contributed by atoms with E-state index in [4.69, 9.17) is 0 Å². The van der Waals surface area contributed by atoms with Crippen molar-refractivity contribution >= 4 is 26.3 Å². The maximum atomic E-state index is 13.1. The van der Waals surface area contributed by atoms with E-state index in [2.05, 4.69) is 42.8 Å². The van der Waals surface area contributed by atoms with E-state index in [1.165, 1.54) is 5.56 Å². The van der Waals surface area contributed by atoms with Gasteiger partial charge in [-0.3, -0.25) is 8.89 Å². The lowest BCUT2D eigenvalue weighted by Gasteiger charge is -2.20. The maximum Gasteiger partial charge on any atom is 0.137 e. The van der Waals surface area contributed by atoms with Crippen LogP contribution in [0.25, 0.3) is 10.9 Å². The molecule has 2 aromatic heterocycles. The standard InChI is InChI=1S/C18H24N4OS/c1-18(2,3)14-9-7-8-13-15(20-22(5)17(13)14)11-24(6,23)16-10-21(4)12-19-16/h7-10,12H,6,11H2,1-5H3. The predicted octanol–water partition coefficient (Wildman–Crippen LogP) is 2.88. The van der Waals surface area contributed by atoms with Gasteiger partial charge in [0.05, 0.1) is 23.3 Å². The highest BCUT2D eigenvalue weighted by molar-refractivity contribution is 7.99. The highest BCUT2D eigenvalue weighted by Crippen LogP contribution is 2.32. The Bertz CT molecular complexity index is 1000. The molecule has 3 rings (SSSR count). The molecular weight excluding hydrogens is 320 g/mol. The van der Waals surface area contributed by atoms with Crippen molar-refractivity contribution in [3.63, 3.8) is 0 Å². The number of hydrogen-bond acceptors (Lipinski definition) is 3. The van der Waals surface area contributed by atoms with Gasteiger partial charge >= 0.3 is 0 Å². The quantitative estimate of drug-likeness (QED) is 0.687. The summed E-state index contributed by atoms with van der Waals surface area (Å²) in [5.74, 6) is 4.23. The summed E-state index contributed by atoms with van der Waals surface area (Å²) >= 11 is 0. The Morgan fingerprint density at radius 2 is 1.96 bits per heavy atom. The van der Waals surface area contributed by atoms with Crippen molar-refractivity contribution < 1.29 is 4.21 Å². The molecule has 1 aromatic carbocycles. The summed E-state index contributed by atoms with van der Waals surface area (Å²) in [5, 5.41) is 6.21. The summed E-state index contributed by atoms with van der Waals surface area (Å²) in [5.41, 5.74) is 3.15. The summed E-state index contributed by atoms with van der Waals surface area (Å²) < 4.78 is 16.7. The number of aromatic nitrogens is 4. The Hall–Kier alpha value is -2.08. The molecule has 128 valence electrons. The van der Waals surface area contributed by atoms with Crippen molar-refractivity contribution in [3.8, 4) is 0 Å². The van der Waals surface area contributed by atoms with Crippen LogP contribution in [0.5, 0.6) is 0 Å². The van der Waals surface area contributed by atoms with Crippen LogP contribution in [-0.2, 0) is 34.8 Å². The molecule has 0 N–H and O–H groups in total. The monoisotopic (exact) mass is 344 g/mol. The summed E-state index contributed by atoms with van der Waals surface area (Å²) in [7, 11) is 1.27. The van der Waals surface area contributed by atoms with Gasteiger partial charge in [0.2, 0.25) is 0 Å². The Labute approximate surface area is 143 Å². The maximum absolute atomic E-state index is 13.1. The molecule has 5 nitrogen and oxygen atoms in total. The first-order chi connectivity index (χ1) is 11.1. The number of hydrogen-bond donors (Lipinski definition) is 0. The minimum absolute atomic E-state index is 0.0113. The van der Waals surface area contributed by atoms with E-state index in [-0.39, 0.29) is 11.2 Å². The lowest BCUT2D eigenvalue weighted by atomic mass is 9.85. The van der Waals surface area contributed by atoms with Crippen LogP contribution in [-0.4, -0.2) is 29.4 Å². The molecule has 0 saturated heterocycles. The number of nitrogens with zero attached hydrogens (tertiary/aromatic N) is 4. The van der Waals surface area contributed by atoms with Crippen molar-refractivity contribution in [2.75, 3.05) is 0 Å². The van der Waals surface area contributed by atoms with Crippen LogP contribution >= 0.6 is 0 Å². The minimum Gasteiger partial charge on any atom is -0.339 e. The normalized spacial score (nSPS) is 14.9. The van der Waals surface area contributed by atoms with Crippen LogP contribution in [0.3, 0.4) is 0 Å². The zero-order chi connectivity index (χ0) is 17.7. The van der Waals surface area contributed by atoms with Gasteiger partial charge in [0.1, 0.15) is 5.03 Å². The third kappa shape index (κ3) is 2.86. The van der Waals surface area contributed by atoms with Crippen molar-refractivity contribution in [1.29, 1.82) is 0 Å². The molecule has 0 fully saturated rings. The second-order valence-corrected chi connectivity index (χ2v) is 9.69. The van der Waals surface area contributed by atoms with Gasteiger partial charge in [-0.2, -0.15) is 5.10 Å². The van der Waals surface area contributed by atoms with Crippen molar-refractivity contribution in [2.24, 2.45) is 14.1 Å². The summed E-state index contributed by atoms with van der Waals surface area (Å²) in [6.45, 7) is 6.56. The van der Waals surface area contributed by atoms with Gasteiger partial charge in [0, 0.05) is 35.2 Å². The first kappa shape index (κ1) is 16.8. The van der Waals surface area contributed by atoms with Gasteiger partial charge in [0.25, 0.3) is 0 Å². The van der Waals surface area contributed by atoms with Gasteiger partial charge in [-0.15, -0.1) is 0 Å². The van der Waals surface area contributed by atoms with Crippen LogP contribution in [0.15, 0.2) is 35.7 Å². The molecule has 0 radical (unpaired) electrons. The second-order valence-electron chi connectivity index (χ2n) is 7.36. The highest BCUT2D eigenvalue weighted by atomic mass is 32.2. The second kappa shape index (κ2) is 5.48. The summed E-state index contributed by atoms with van der Waals surface area (Å²) in [6.07, 6.45) is 3.41. The van der Waals surface area contributed by atoms with Crippen molar-refractivity contribution in [3.05, 3.63) is 42.0 Å². The lowest BCUT2D eigenvalue weighted by molar-refractivity contribution is 0.590. The molecule has 3 aromatic rings. The SMILES string of the molecule is C=S(=O)(Cc1nn(C)c2c(C(C)(C)C)cccc12)c1cn(C)cn1. The summed E-state index contributed by atoms with van der Waals surface area (Å²) in [4.78, 5) is 4.22. The Kier molecular flexibility index (Phi) is 3.83. The molecule has 24 heavy (non-hydrogen) atoms. The molecule has 0 aliphatic rings. The molecule has 0 amide bonds. The molecule has 0 aliphatic carbocycles. The average Bonchev–Trinajstić information content (AvgIpc) is 3.03. The first-order valence-electron chi connectivity index (χ1n) is 7.87. The fraction of sp³-hybridized carbons (Fsp3) is 0.389. The van der Waals surface area contributed by atoms with E-state index in [9.17, 15) is 4.21 Å². The molecule has 0 aliphatic heterocycles. The number of aryl methyl sites for hydroxylation is 2. The van der Waals surface area contributed by atoms with E-state index >= 15 is 0 Å². The highest BCUT2D eigenvalue weighted by Gasteiger charge is 2.22. The Balaban J connectivity index is 2.12. The predicted molar refractivity (Wildman–Crippen MR) is 99.9 cm³/mol. The van der Waals surface area contributed by atoms with Gasteiger partial charge in [-0.1, -0.05) is 39.0 Å². The van der Waals surface area contributed by atoms with Crippen LogP contribution in [0, 0.1) is 0 Å². The number of rotatable bonds is 3. The van der Waals surface area contributed by atoms with E-state index < -0.39 is 9.52 Å². The molecule has 0 bridgehead atoms. The molecular formula is C18H24N4OS. The smallest absolute Gasteiger partial charge is 0.137 e. The van der Waals surface area contributed by atoms with E-state index in [0.717, 1.165) is 16.6 Å². The zero-order valence-electron chi connectivity index (χ0n) is 14.9. The molecule has 1 atom stereocenters. The average molecular weight is 344 g/mol. The van der Waals surface area contributed by atoms with Crippen LogP contribution in [0.4, 0.5) is 0 Å². The first-order valence-corrected chi connectivity index (χ1v) is 9.77. The topological polar surface area (TPSA) is 52.7 Å². The fourth-order valence-electron chi connectivity index (χ4n) is 3.00. The van der Waals surface area contributed by atoms with Gasteiger partial charge in [-0.05, 0) is 16.8 Å². The van der Waals surface area contributed by atoms with E-state index in [0.29, 0.717) is 5.03 Å². The van der Waals surface area contributed by atoms with Crippen LogP contribution < -0.4 is 0 Å². The lowest BCUT2D eigenvalue weighted by Crippen LogP contribution is -2.12. The zero-order valence-corrected chi connectivity index (χ0v) is 15.7. The Morgan fingerprint density at radius 3 is 2.54 bits per heavy atom. The largest absolute Gasteiger partial charge is 0.339 e. The molecule has 1 unspecified atom stereocenters. The third-order valence-corrected chi connectivity index (χ3v) is 5.89. The molecule has 6 heteroatoms. The number of para-hydroxylation sites is 1. The van der Waals surface area contributed by atoms with Gasteiger partial charge < -0.3 is 4.57 Å². The van der Waals surface area contributed by atoms with Gasteiger partial charge in [0.15, 0.2) is 0 Å². The van der Waals surface area contributed by atoms with Gasteiger partial charge in [-0.25, -0.2) is 4.98 Å². The molecule has 0 saturated carbocycles. The van der Waals surface area contributed by atoms with E-state index in [1.54, 1.807) is 17.1 Å². The third-order valence-electron chi connectivity index (χ3n) is 4.18. The summed E-state index contributed by atoms with van der Waals surface area (Å²) in [6, 6.07) is 6.22. The van der Waals surface area contributed by atoms with Crippen LogP contribution in [0.1, 0.15) is 32.0 Å². The fourth-order valence-corrected chi connectivity index (χ4v) is 4.40. The Morgan fingerprint density at radius 1 is 1.25 bits per heavy atom. The van der Waals surface area contributed by atoms with E-state index in [1.807, 2.05) is 30.9 Å². The minimum atomic E-state index is -2.53. The number of fused-ring (bicyclic) bond motifs is 1. The van der Waals surface area contributed by atoms with Crippen molar-refractivity contribution in [1.82, 2.24) is 19.3 Å². The number of benzene rings is 1. The van der Waals surface area contributed by atoms with Crippen LogP contribution in [0.2, 0.25) is 0 Å². The molecule has 0 spiro atoms.